The van der Waals surface area contributed by atoms with Crippen LogP contribution in [-0.4, -0.2) is 50.2 Å². The summed E-state index contributed by atoms with van der Waals surface area (Å²) in [5.41, 5.74) is 1.89. The number of carbonyl (C=O) groups is 1. The average Bonchev–Trinajstić information content (AvgIpc) is 3.01. The molecule has 0 spiro atoms. The van der Waals surface area contributed by atoms with Crippen LogP contribution in [0.2, 0.25) is 0 Å². The standard InChI is InChI=1S/C24H30N2O3/c1-28-21-13-8-11-19(23(21)29-2)24(27)26-16-7-6-12-20-22(26)18(14-15-25-20)17-9-4-3-5-10-17/h3-5,8-11,13,18,20,22,25H,6-7,12,14-16H2,1-2H3/t18-,20-,22-/m1/s1. The van der Waals surface area contributed by atoms with E-state index in [1.807, 2.05) is 18.2 Å². The highest BCUT2D eigenvalue weighted by Crippen LogP contribution is 2.38. The number of nitrogens with zero attached hydrogens (tertiary/aromatic N) is 1. The second kappa shape index (κ2) is 8.87. The van der Waals surface area contributed by atoms with E-state index in [9.17, 15) is 4.79 Å². The number of hydrogen-bond acceptors (Lipinski definition) is 4. The van der Waals surface area contributed by atoms with E-state index in [0.717, 1.165) is 38.8 Å². The van der Waals surface area contributed by atoms with E-state index in [4.69, 9.17) is 9.47 Å². The van der Waals surface area contributed by atoms with Gasteiger partial charge in [-0.05, 0) is 43.5 Å². The lowest BCUT2D eigenvalue weighted by Crippen LogP contribution is -2.57. The van der Waals surface area contributed by atoms with E-state index in [0.29, 0.717) is 29.0 Å². The van der Waals surface area contributed by atoms with Crippen LogP contribution in [-0.2, 0) is 0 Å². The maximum absolute atomic E-state index is 13.8. The van der Waals surface area contributed by atoms with Crippen LogP contribution in [0.25, 0.3) is 0 Å². The van der Waals surface area contributed by atoms with Gasteiger partial charge in [-0.2, -0.15) is 0 Å². The Balaban J connectivity index is 1.74. The Morgan fingerprint density at radius 1 is 1.00 bits per heavy atom. The molecule has 1 amide bonds. The summed E-state index contributed by atoms with van der Waals surface area (Å²) in [5, 5.41) is 3.70. The molecule has 29 heavy (non-hydrogen) atoms. The first-order valence-electron chi connectivity index (χ1n) is 10.5. The number of ether oxygens (including phenoxy) is 2. The summed E-state index contributed by atoms with van der Waals surface area (Å²) in [5.74, 6) is 1.47. The van der Waals surface area contributed by atoms with Crippen LogP contribution in [0, 0.1) is 0 Å². The number of fused-ring (bicyclic) bond motifs is 1. The second-order valence-electron chi connectivity index (χ2n) is 7.89. The lowest BCUT2D eigenvalue weighted by Gasteiger charge is -2.44. The summed E-state index contributed by atoms with van der Waals surface area (Å²) >= 11 is 0. The Labute approximate surface area is 173 Å². The maximum atomic E-state index is 13.8. The van der Waals surface area contributed by atoms with Crippen molar-refractivity contribution in [3.8, 4) is 11.5 Å². The SMILES string of the molecule is COc1cccc(C(=O)N2CCCC[C@H]3NCC[C@H](c4ccccc4)[C@H]32)c1OC. The van der Waals surface area contributed by atoms with Gasteiger partial charge in [0.05, 0.1) is 25.8 Å². The van der Waals surface area contributed by atoms with E-state index in [2.05, 4.69) is 40.5 Å². The number of nitrogens with one attached hydrogen (secondary N) is 1. The first-order valence-corrected chi connectivity index (χ1v) is 10.5. The zero-order valence-electron chi connectivity index (χ0n) is 17.3. The molecule has 2 heterocycles. The summed E-state index contributed by atoms with van der Waals surface area (Å²) in [4.78, 5) is 15.9. The molecule has 154 valence electrons. The molecule has 3 atom stereocenters. The van der Waals surface area contributed by atoms with Crippen LogP contribution < -0.4 is 14.8 Å². The van der Waals surface area contributed by atoms with Gasteiger partial charge in [0, 0.05) is 18.5 Å². The molecule has 5 heteroatoms. The lowest BCUT2D eigenvalue weighted by molar-refractivity contribution is 0.0571. The quantitative estimate of drug-likeness (QED) is 0.856. The third kappa shape index (κ3) is 3.84. The van der Waals surface area contributed by atoms with Crippen molar-refractivity contribution < 1.29 is 14.3 Å². The fourth-order valence-corrected chi connectivity index (χ4v) is 5.01. The maximum Gasteiger partial charge on any atom is 0.258 e. The molecule has 2 aliphatic heterocycles. The van der Waals surface area contributed by atoms with Crippen molar-refractivity contribution in [2.24, 2.45) is 0 Å². The molecular weight excluding hydrogens is 364 g/mol. The number of hydrogen-bond donors (Lipinski definition) is 1. The van der Waals surface area contributed by atoms with Gasteiger partial charge in [-0.25, -0.2) is 0 Å². The Morgan fingerprint density at radius 2 is 1.83 bits per heavy atom. The fraction of sp³-hybridized carbons (Fsp3) is 0.458. The number of rotatable bonds is 4. The van der Waals surface area contributed by atoms with Gasteiger partial charge in [0.2, 0.25) is 0 Å². The van der Waals surface area contributed by atoms with Gasteiger partial charge in [-0.3, -0.25) is 4.79 Å². The third-order valence-corrected chi connectivity index (χ3v) is 6.33. The normalized spacial score (nSPS) is 24.3. The molecule has 2 saturated heterocycles. The van der Waals surface area contributed by atoms with E-state index in [-0.39, 0.29) is 11.9 Å². The number of amides is 1. The zero-order chi connectivity index (χ0) is 20.2. The summed E-state index contributed by atoms with van der Waals surface area (Å²) in [7, 11) is 3.19. The van der Waals surface area contributed by atoms with Crippen LogP contribution >= 0.6 is 0 Å². The first-order chi connectivity index (χ1) is 14.2. The van der Waals surface area contributed by atoms with Crippen LogP contribution in [0.1, 0.15) is 47.5 Å². The molecule has 0 radical (unpaired) electrons. The van der Waals surface area contributed by atoms with Crippen LogP contribution in [0.5, 0.6) is 11.5 Å². The Morgan fingerprint density at radius 3 is 2.59 bits per heavy atom. The lowest BCUT2D eigenvalue weighted by atomic mass is 9.80. The van der Waals surface area contributed by atoms with Gasteiger partial charge in [0.15, 0.2) is 11.5 Å². The molecule has 5 nitrogen and oxygen atoms in total. The van der Waals surface area contributed by atoms with Gasteiger partial charge in [-0.15, -0.1) is 0 Å². The minimum Gasteiger partial charge on any atom is -0.493 e. The molecule has 0 bridgehead atoms. The Bertz CT molecular complexity index is 839. The highest BCUT2D eigenvalue weighted by atomic mass is 16.5. The molecular formula is C24H30N2O3. The summed E-state index contributed by atoms with van der Waals surface area (Å²) in [6.45, 7) is 1.76. The minimum absolute atomic E-state index is 0.0299. The van der Waals surface area contributed by atoms with Crippen LogP contribution in [0.4, 0.5) is 0 Å². The van der Waals surface area contributed by atoms with Crippen molar-refractivity contribution in [3.05, 3.63) is 59.7 Å². The van der Waals surface area contributed by atoms with E-state index >= 15 is 0 Å². The molecule has 2 aromatic carbocycles. The molecule has 0 aliphatic carbocycles. The van der Waals surface area contributed by atoms with E-state index in [1.165, 1.54) is 5.56 Å². The summed E-state index contributed by atoms with van der Waals surface area (Å²) in [6, 6.07) is 16.6. The molecule has 0 unspecified atom stereocenters. The number of piperidine rings is 1. The number of benzene rings is 2. The smallest absolute Gasteiger partial charge is 0.258 e. The van der Waals surface area contributed by atoms with Crippen molar-refractivity contribution in [2.45, 2.75) is 43.7 Å². The molecule has 0 saturated carbocycles. The molecule has 0 aromatic heterocycles. The number of methoxy groups -OCH3 is 2. The van der Waals surface area contributed by atoms with Gasteiger partial charge in [-0.1, -0.05) is 42.8 Å². The summed E-state index contributed by atoms with van der Waals surface area (Å²) in [6.07, 6.45) is 4.29. The topological polar surface area (TPSA) is 50.8 Å². The highest BCUT2D eigenvalue weighted by molar-refractivity contribution is 5.98. The Kier molecular flexibility index (Phi) is 6.05. The van der Waals surface area contributed by atoms with Crippen molar-refractivity contribution in [3.63, 3.8) is 0 Å². The van der Waals surface area contributed by atoms with E-state index < -0.39 is 0 Å². The first kappa shape index (κ1) is 19.8. The second-order valence-corrected chi connectivity index (χ2v) is 7.89. The molecule has 1 N–H and O–H groups in total. The van der Waals surface area contributed by atoms with Crippen molar-refractivity contribution in [2.75, 3.05) is 27.3 Å². The third-order valence-electron chi connectivity index (χ3n) is 6.33. The predicted octanol–water partition coefficient (Wildman–Crippen LogP) is 3.84. The van der Waals surface area contributed by atoms with Gasteiger partial charge in [0.1, 0.15) is 0 Å². The zero-order valence-corrected chi connectivity index (χ0v) is 17.3. The summed E-state index contributed by atoms with van der Waals surface area (Å²) < 4.78 is 11.0. The highest BCUT2D eigenvalue weighted by Gasteiger charge is 2.41. The minimum atomic E-state index is 0.0299. The number of para-hydroxylation sites is 1. The van der Waals surface area contributed by atoms with Crippen LogP contribution in [0.15, 0.2) is 48.5 Å². The Hall–Kier alpha value is -2.53. The molecule has 4 rings (SSSR count). The van der Waals surface area contributed by atoms with Crippen LogP contribution in [0.3, 0.4) is 0 Å². The monoisotopic (exact) mass is 394 g/mol. The number of likely N-dealkylation sites (tertiary alicyclic amines) is 1. The molecule has 2 aromatic rings. The average molecular weight is 395 g/mol. The van der Waals surface area contributed by atoms with Gasteiger partial charge < -0.3 is 19.7 Å². The predicted molar refractivity (Wildman–Crippen MR) is 114 cm³/mol. The molecule has 2 aliphatic rings. The largest absolute Gasteiger partial charge is 0.493 e. The number of carbonyl (C=O) groups excluding carboxylic acids is 1. The van der Waals surface area contributed by atoms with Gasteiger partial charge in [0.25, 0.3) is 5.91 Å². The molecule has 2 fully saturated rings. The van der Waals surface area contributed by atoms with Crippen molar-refractivity contribution in [1.29, 1.82) is 0 Å². The van der Waals surface area contributed by atoms with E-state index in [1.54, 1.807) is 14.2 Å². The van der Waals surface area contributed by atoms with Crippen molar-refractivity contribution in [1.82, 2.24) is 10.2 Å². The fourth-order valence-electron chi connectivity index (χ4n) is 5.01. The van der Waals surface area contributed by atoms with Crippen molar-refractivity contribution >= 4 is 5.91 Å². The van der Waals surface area contributed by atoms with Gasteiger partial charge >= 0.3 is 0 Å².